The number of hydrogen-bond acceptors (Lipinski definition) is 3. The van der Waals surface area contributed by atoms with Gasteiger partial charge in [0, 0.05) is 17.9 Å². The molecule has 4 heteroatoms. The van der Waals surface area contributed by atoms with Gasteiger partial charge >= 0.3 is 0 Å². The molecule has 0 saturated heterocycles. The van der Waals surface area contributed by atoms with Crippen molar-refractivity contribution in [1.82, 2.24) is 0 Å². The highest BCUT2D eigenvalue weighted by molar-refractivity contribution is 5.96. The van der Waals surface area contributed by atoms with E-state index in [0.29, 0.717) is 12.5 Å². The predicted molar refractivity (Wildman–Crippen MR) is 97.6 cm³/mol. The third-order valence-corrected chi connectivity index (χ3v) is 4.47. The number of fused-ring (bicyclic) bond motifs is 1. The number of carbonyl (C=O) groups is 1. The number of amides is 1. The van der Waals surface area contributed by atoms with Crippen LogP contribution < -0.4 is 15.4 Å². The summed E-state index contributed by atoms with van der Waals surface area (Å²) in [4.78, 5) is 14.4. The highest BCUT2D eigenvalue weighted by Crippen LogP contribution is 2.31. The van der Waals surface area contributed by atoms with Gasteiger partial charge in [0.05, 0.1) is 0 Å². The fourth-order valence-corrected chi connectivity index (χ4v) is 3.10. The molecule has 0 aromatic heterocycles. The second kappa shape index (κ2) is 6.95. The summed E-state index contributed by atoms with van der Waals surface area (Å²) in [5, 5.41) is 0. The standard InChI is InChI=1S/C20H24N2O2/c1-14(2)15-6-3-7-16(12-15)24-13-20(23)22-11-5-8-17-18(21)9-4-10-19(17)22/h3-4,6-7,9-10,12,14H,5,8,11,13,21H2,1-2H3. The molecule has 1 amide bonds. The summed E-state index contributed by atoms with van der Waals surface area (Å²) < 4.78 is 5.73. The number of benzene rings is 2. The van der Waals surface area contributed by atoms with Gasteiger partial charge < -0.3 is 15.4 Å². The molecule has 2 N–H and O–H groups in total. The lowest BCUT2D eigenvalue weighted by molar-refractivity contribution is -0.120. The summed E-state index contributed by atoms with van der Waals surface area (Å²) in [5.74, 6) is 1.14. The molecule has 1 aliphatic rings. The van der Waals surface area contributed by atoms with Crippen molar-refractivity contribution in [2.24, 2.45) is 0 Å². The van der Waals surface area contributed by atoms with Crippen LogP contribution in [0.2, 0.25) is 0 Å². The van der Waals surface area contributed by atoms with Crippen LogP contribution in [0.25, 0.3) is 0 Å². The number of anilines is 2. The van der Waals surface area contributed by atoms with Gasteiger partial charge in [-0.05, 0) is 54.2 Å². The topological polar surface area (TPSA) is 55.6 Å². The minimum absolute atomic E-state index is 0.0310. The second-order valence-corrected chi connectivity index (χ2v) is 6.51. The Morgan fingerprint density at radius 3 is 2.83 bits per heavy atom. The summed E-state index contributed by atoms with van der Waals surface area (Å²) in [6.45, 7) is 5.03. The average Bonchev–Trinajstić information content (AvgIpc) is 2.60. The van der Waals surface area contributed by atoms with Crippen LogP contribution in [0.5, 0.6) is 5.75 Å². The van der Waals surface area contributed by atoms with Crippen molar-refractivity contribution in [3.8, 4) is 5.75 Å². The van der Waals surface area contributed by atoms with Crippen LogP contribution in [0.15, 0.2) is 42.5 Å². The number of ether oxygens (including phenoxy) is 1. The Morgan fingerprint density at radius 2 is 2.04 bits per heavy atom. The molecular weight excluding hydrogens is 300 g/mol. The average molecular weight is 324 g/mol. The van der Waals surface area contributed by atoms with Crippen LogP contribution in [0.4, 0.5) is 11.4 Å². The number of hydrogen-bond donors (Lipinski definition) is 1. The Morgan fingerprint density at radius 1 is 1.25 bits per heavy atom. The normalized spacial score (nSPS) is 13.7. The molecule has 0 spiro atoms. The molecule has 0 bridgehead atoms. The first-order valence-corrected chi connectivity index (χ1v) is 8.46. The molecule has 0 radical (unpaired) electrons. The highest BCUT2D eigenvalue weighted by Gasteiger charge is 2.23. The van der Waals surface area contributed by atoms with E-state index in [-0.39, 0.29) is 12.5 Å². The van der Waals surface area contributed by atoms with Crippen molar-refractivity contribution in [3.05, 3.63) is 53.6 Å². The Hall–Kier alpha value is -2.49. The Labute approximate surface area is 143 Å². The molecule has 1 aliphatic heterocycles. The van der Waals surface area contributed by atoms with E-state index in [9.17, 15) is 4.79 Å². The summed E-state index contributed by atoms with van der Waals surface area (Å²) in [7, 11) is 0. The molecule has 0 fully saturated rings. The lowest BCUT2D eigenvalue weighted by atomic mass is 10.00. The molecular formula is C20H24N2O2. The Kier molecular flexibility index (Phi) is 4.74. The number of nitrogen functional groups attached to an aromatic ring is 1. The van der Waals surface area contributed by atoms with Crippen LogP contribution in [0.3, 0.4) is 0 Å². The maximum Gasteiger partial charge on any atom is 0.264 e. The monoisotopic (exact) mass is 324 g/mol. The maximum absolute atomic E-state index is 12.6. The molecule has 2 aromatic carbocycles. The zero-order valence-corrected chi connectivity index (χ0v) is 14.3. The van der Waals surface area contributed by atoms with Crippen molar-refractivity contribution in [2.75, 3.05) is 23.8 Å². The van der Waals surface area contributed by atoms with Crippen LogP contribution >= 0.6 is 0 Å². The van der Waals surface area contributed by atoms with E-state index in [1.807, 2.05) is 36.4 Å². The second-order valence-electron chi connectivity index (χ2n) is 6.51. The maximum atomic E-state index is 12.6. The van der Waals surface area contributed by atoms with Gasteiger partial charge in [0.15, 0.2) is 6.61 Å². The van der Waals surface area contributed by atoms with Gasteiger partial charge in [0.1, 0.15) is 5.75 Å². The Balaban J connectivity index is 1.71. The molecule has 0 aliphatic carbocycles. The van der Waals surface area contributed by atoms with Crippen molar-refractivity contribution < 1.29 is 9.53 Å². The first kappa shape index (κ1) is 16.4. The highest BCUT2D eigenvalue weighted by atomic mass is 16.5. The minimum atomic E-state index is -0.0310. The van der Waals surface area contributed by atoms with Crippen molar-refractivity contribution in [2.45, 2.75) is 32.6 Å². The summed E-state index contributed by atoms with van der Waals surface area (Å²) >= 11 is 0. The van der Waals surface area contributed by atoms with Gasteiger partial charge in [-0.2, -0.15) is 0 Å². The number of carbonyl (C=O) groups excluding carboxylic acids is 1. The van der Waals surface area contributed by atoms with Gasteiger partial charge in [-0.1, -0.05) is 32.0 Å². The molecule has 3 rings (SSSR count). The number of nitrogens with zero attached hydrogens (tertiary/aromatic N) is 1. The fraction of sp³-hybridized carbons (Fsp3) is 0.350. The minimum Gasteiger partial charge on any atom is -0.484 e. The fourth-order valence-electron chi connectivity index (χ4n) is 3.10. The van der Waals surface area contributed by atoms with Crippen molar-refractivity contribution >= 4 is 17.3 Å². The largest absolute Gasteiger partial charge is 0.484 e. The van der Waals surface area contributed by atoms with E-state index in [1.165, 1.54) is 5.56 Å². The van der Waals surface area contributed by atoms with Crippen LogP contribution in [0, 0.1) is 0 Å². The molecule has 24 heavy (non-hydrogen) atoms. The third-order valence-electron chi connectivity index (χ3n) is 4.47. The van der Waals surface area contributed by atoms with Crippen LogP contribution in [-0.4, -0.2) is 19.1 Å². The molecule has 2 aromatic rings. The SMILES string of the molecule is CC(C)c1cccc(OCC(=O)N2CCCc3c(N)cccc32)c1. The number of nitrogens with two attached hydrogens (primary N) is 1. The van der Waals surface area contributed by atoms with Gasteiger partial charge in [-0.25, -0.2) is 0 Å². The molecule has 0 atom stereocenters. The first-order valence-electron chi connectivity index (χ1n) is 8.46. The van der Waals surface area contributed by atoms with E-state index in [1.54, 1.807) is 4.90 Å². The van der Waals surface area contributed by atoms with Gasteiger partial charge in [-0.3, -0.25) is 4.79 Å². The first-order chi connectivity index (χ1) is 11.6. The zero-order chi connectivity index (χ0) is 17.1. The molecule has 1 heterocycles. The Bertz CT molecular complexity index is 740. The van der Waals surface area contributed by atoms with Gasteiger partial charge in [0.25, 0.3) is 5.91 Å². The summed E-state index contributed by atoms with van der Waals surface area (Å²) in [6, 6.07) is 13.7. The van der Waals surface area contributed by atoms with E-state index < -0.39 is 0 Å². The zero-order valence-electron chi connectivity index (χ0n) is 14.3. The van der Waals surface area contributed by atoms with Crippen molar-refractivity contribution in [3.63, 3.8) is 0 Å². The number of rotatable bonds is 4. The van der Waals surface area contributed by atoms with E-state index in [2.05, 4.69) is 19.9 Å². The predicted octanol–water partition coefficient (Wildman–Crippen LogP) is 3.75. The lowest BCUT2D eigenvalue weighted by Crippen LogP contribution is -2.38. The smallest absolute Gasteiger partial charge is 0.264 e. The van der Waals surface area contributed by atoms with Gasteiger partial charge in [-0.15, -0.1) is 0 Å². The van der Waals surface area contributed by atoms with E-state index >= 15 is 0 Å². The quantitative estimate of drug-likeness (QED) is 0.872. The molecule has 0 saturated carbocycles. The van der Waals surface area contributed by atoms with Crippen LogP contribution in [-0.2, 0) is 11.2 Å². The van der Waals surface area contributed by atoms with E-state index in [0.717, 1.165) is 35.5 Å². The molecule has 126 valence electrons. The van der Waals surface area contributed by atoms with E-state index in [4.69, 9.17) is 10.5 Å². The third kappa shape index (κ3) is 3.37. The summed E-state index contributed by atoms with van der Waals surface area (Å²) in [6.07, 6.45) is 1.85. The van der Waals surface area contributed by atoms with Gasteiger partial charge in [0.2, 0.25) is 0 Å². The van der Waals surface area contributed by atoms with Crippen molar-refractivity contribution in [1.29, 1.82) is 0 Å². The molecule has 0 unspecified atom stereocenters. The molecule has 4 nitrogen and oxygen atoms in total. The lowest BCUT2D eigenvalue weighted by Gasteiger charge is -2.30. The van der Waals surface area contributed by atoms with Crippen LogP contribution in [0.1, 0.15) is 37.3 Å². The summed E-state index contributed by atoms with van der Waals surface area (Å²) in [5.41, 5.74) is 10.00.